The number of nitrogens with zero attached hydrogens (tertiary/aromatic N) is 2. The molecule has 1 aliphatic rings. The highest BCUT2D eigenvalue weighted by atomic mass is 15.2. The standard InChI is InChI=1S/C12H23N3/c1-3-12(14,10-13)8-5-9-15(4-2)11-6-7-11/h11H,3-9,14H2,1-2H3. The summed E-state index contributed by atoms with van der Waals surface area (Å²) in [5.41, 5.74) is 5.34. The average molecular weight is 209 g/mol. The summed E-state index contributed by atoms with van der Waals surface area (Å²) in [7, 11) is 0. The predicted octanol–water partition coefficient (Wildman–Crippen LogP) is 1.88. The molecule has 15 heavy (non-hydrogen) atoms. The monoisotopic (exact) mass is 209 g/mol. The Balaban J connectivity index is 2.22. The van der Waals surface area contributed by atoms with Crippen LogP contribution in [0, 0.1) is 11.3 Å². The van der Waals surface area contributed by atoms with Gasteiger partial charge in [-0.2, -0.15) is 5.26 Å². The zero-order valence-corrected chi connectivity index (χ0v) is 10.00. The second-order valence-corrected chi connectivity index (χ2v) is 4.58. The van der Waals surface area contributed by atoms with E-state index in [-0.39, 0.29) is 0 Å². The van der Waals surface area contributed by atoms with Gasteiger partial charge < -0.3 is 10.6 Å². The summed E-state index contributed by atoms with van der Waals surface area (Å²) in [6.45, 7) is 6.42. The van der Waals surface area contributed by atoms with E-state index in [9.17, 15) is 0 Å². The number of rotatable bonds is 7. The molecule has 1 saturated carbocycles. The summed E-state index contributed by atoms with van der Waals surface area (Å²) in [5.74, 6) is 0. The second-order valence-electron chi connectivity index (χ2n) is 4.58. The third kappa shape index (κ3) is 3.81. The first-order chi connectivity index (χ1) is 7.15. The van der Waals surface area contributed by atoms with E-state index in [4.69, 9.17) is 11.0 Å². The summed E-state index contributed by atoms with van der Waals surface area (Å²) < 4.78 is 0. The summed E-state index contributed by atoms with van der Waals surface area (Å²) in [6.07, 6.45) is 5.33. The van der Waals surface area contributed by atoms with Crippen LogP contribution in [0.5, 0.6) is 0 Å². The Morgan fingerprint density at radius 1 is 1.47 bits per heavy atom. The summed E-state index contributed by atoms with van der Waals surface area (Å²) >= 11 is 0. The van der Waals surface area contributed by atoms with Crippen molar-refractivity contribution in [3.05, 3.63) is 0 Å². The van der Waals surface area contributed by atoms with Gasteiger partial charge in [0.2, 0.25) is 0 Å². The fourth-order valence-corrected chi connectivity index (χ4v) is 1.95. The van der Waals surface area contributed by atoms with E-state index in [1.54, 1.807) is 0 Å². The molecule has 0 aromatic heterocycles. The van der Waals surface area contributed by atoms with Crippen LogP contribution in [0.15, 0.2) is 0 Å². The molecule has 0 aromatic rings. The number of hydrogen-bond donors (Lipinski definition) is 1. The first-order valence-electron chi connectivity index (χ1n) is 6.09. The van der Waals surface area contributed by atoms with Crippen molar-refractivity contribution in [1.82, 2.24) is 4.90 Å². The van der Waals surface area contributed by atoms with Crippen molar-refractivity contribution in [3.63, 3.8) is 0 Å². The van der Waals surface area contributed by atoms with E-state index >= 15 is 0 Å². The zero-order chi connectivity index (χ0) is 11.3. The molecule has 0 spiro atoms. The highest BCUT2D eigenvalue weighted by molar-refractivity contribution is 5.03. The number of nitrogens with two attached hydrogens (primary N) is 1. The van der Waals surface area contributed by atoms with Gasteiger partial charge in [-0.05, 0) is 45.2 Å². The Morgan fingerprint density at radius 2 is 2.13 bits per heavy atom. The lowest BCUT2D eigenvalue weighted by Crippen LogP contribution is -2.38. The molecule has 3 heteroatoms. The summed E-state index contributed by atoms with van der Waals surface area (Å²) in [5, 5.41) is 8.94. The molecule has 2 N–H and O–H groups in total. The van der Waals surface area contributed by atoms with E-state index in [2.05, 4.69) is 17.9 Å². The van der Waals surface area contributed by atoms with Crippen LogP contribution in [0.25, 0.3) is 0 Å². The largest absolute Gasteiger partial charge is 0.313 e. The minimum absolute atomic E-state index is 0.594. The molecule has 1 rings (SSSR count). The molecule has 0 aliphatic heterocycles. The smallest absolute Gasteiger partial charge is 0.104 e. The van der Waals surface area contributed by atoms with Crippen LogP contribution in [0.1, 0.15) is 46.0 Å². The minimum Gasteiger partial charge on any atom is -0.313 e. The van der Waals surface area contributed by atoms with Crippen molar-refractivity contribution in [3.8, 4) is 6.07 Å². The van der Waals surface area contributed by atoms with Crippen LogP contribution in [-0.4, -0.2) is 29.6 Å². The van der Waals surface area contributed by atoms with Crippen LogP contribution in [0.4, 0.5) is 0 Å². The number of nitriles is 1. The lowest BCUT2D eigenvalue weighted by molar-refractivity contribution is 0.263. The Labute approximate surface area is 93.2 Å². The molecule has 0 amide bonds. The Hall–Kier alpha value is -0.590. The van der Waals surface area contributed by atoms with E-state index in [0.717, 1.165) is 38.4 Å². The zero-order valence-electron chi connectivity index (χ0n) is 10.00. The molecule has 3 nitrogen and oxygen atoms in total. The van der Waals surface area contributed by atoms with Crippen molar-refractivity contribution in [2.45, 2.75) is 57.5 Å². The molecule has 0 bridgehead atoms. The van der Waals surface area contributed by atoms with Gasteiger partial charge in [0.05, 0.1) is 6.07 Å². The van der Waals surface area contributed by atoms with E-state index in [1.165, 1.54) is 12.8 Å². The maximum atomic E-state index is 8.94. The molecular weight excluding hydrogens is 186 g/mol. The van der Waals surface area contributed by atoms with Gasteiger partial charge in [0, 0.05) is 6.04 Å². The highest BCUT2D eigenvalue weighted by Crippen LogP contribution is 2.27. The fraction of sp³-hybridized carbons (Fsp3) is 0.917. The van der Waals surface area contributed by atoms with Gasteiger partial charge in [0.15, 0.2) is 0 Å². The van der Waals surface area contributed by atoms with Gasteiger partial charge in [-0.25, -0.2) is 0 Å². The minimum atomic E-state index is -0.594. The van der Waals surface area contributed by atoms with E-state index in [1.807, 2.05) is 6.92 Å². The van der Waals surface area contributed by atoms with Crippen LogP contribution in [0.2, 0.25) is 0 Å². The SMILES string of the molecule is CCN(CCCC(N)(C#N)CC)C1CC1. The summed E-state index contributed by atoms with van der Waals surface area (Å²) in [4.78, 5) is 2.51. The van der Waals surface area contributed by atoms with Crippen molar-refractivity contribution < 1.29 is 0 Å². The third-order valence-electron chi connectivity index (χ3n) is 3.39. The lowest BCUT2D eigenvalue weighted by Gasteiger charge is -2.23. The molecule has 86 valence electrons. The van der Waals surface area contributed by atoms with Crippen LogP contribution in [-0.2, 0) is 0 Å². The van der Waals surface area contributed by atoms with E-state index in [0.29, 0.717) is 0 Å². The molecule has 0 radical (unpaired) electrons. The highest BCUT2D eigenvalue weighted by Gasteiger charge is 2.28. The first kappa shape index (κ1) is 12.5. The normalized spacial score (nSPS) is 19.9. The molecule has 0 saturated heterocycles. The third-order valence-corrected chi connectivity index (χ3v) is 3.39. The Morgan fingerprint density at radius 3 is 2.53 bits per heavy atom. The topological polar surface area (TPSA) is 53.0 Å². The molecule has 0 heterocycles. The van der Waals surface area contributed by atoms with Gasteiger partial charge in [-0.15, -0.1) is 0 Å². The Kier molecular flexibility index (Phi) is 4.56. The lowest BCUT2D eigenvalue weighted by atomic mass is 9.93. The molecular formula is C12H23N3. The van der Waals surface area contributed by atoms with Gasteiger partial charge in [0.25, 0.3) is 0 Å². The molecule has 1 unspecified atom stereocenters. The van der Waals surface area contributed by atoms with Gasteiger partial charge >= 0.3 is 0 Å². The van der Waals surface area contributed by atoms with Crippen LogP contribution >= 0.6 is 0 Å². The van der Waals surface area contributed by atoms with Crippen LogP contribution in [0.3, 0.4) is 0 Å². The fourth-order valence-electron chi connectivity index (χ4n) is 1.95. The van der Waals surface area contributed by atoms with Crippen molar-refractivity contribution in [2.75, 3.05) is 13.1 Å². The van der Waals surface area contributed by atoms with Crippen molar-refractivity contribution in [2.24, 2.45) is 5.73 Å². The van der Waals surface area contributed by atoms with E-state index < -0.39 is 5.54 Å². The maximum absolute atomic E-state index is 8.94. The van der Waals surface area contributed by atoms with Crippen LogP contribution < -0.4 is 5.73 Å². The second kappa shape index (κ2) is 5.48. The molecule has 0 aromatic carbocycles. The van der Waals surface area contributed by atoms with Crippen molar-refractivity contribution >= 4 is 0 Å². The maximum Gasteiger partial charge on any atom is 0.104 e. The number of hydrogen-bond acceptors (Lipinski definition) is 3. The molecule has 1 fully saturated rings. The average Bonchev–Trinajstić information content (AvgIpc) is 3.08. The van der Waals surface area contributed by atoms with Gasteiger partial charge in [0.1, 0.15) is 5.54 Å². The van der Waals surface area contributed by atoms with Gasteiger partial charge in [-0.1, -0.05) is 13.8 Å². The Bertz CT molecular complexity index is 230. The first-order valence-corrected chi connectivity index (χ1v) is 6.09. The quantitative estimate of drug-likeness (QED) is 0.696. The summed E-state index contributed by atoms with van der Waals surface area (Å²) in [6, 6.07) is 3.05. The molecule has 1 aliphatic carbocycles. The molecule has 1 atom stereocenters. The van der Waals surface area contributed by atoms with Crippen molar-refractivity contribution in [1.29, 1.82) is 5.26 Å². The predicted molar refractivity (Wildman–Crippen MR) is 62.3 cm³/mol. The van der Waals surface area contributed by atoms with Gasteiger partial charge in [-0.3, -0.25) is 0 Å².